The summed E-state index contributed by atoms with van der Waals surface area (Å²) in [6.07, 6.45) is 0.823. The third kappa shape index (κ3) is 3.21. The molecule has 0 aliphatic carbocycles. The maximum Gasteiger partial charge on any atom is 0.106 e. The van der Waals surface area contributed by atoms with E-state index in [9.17, 15) is 0 Å². The largest absolute Gasteiger partial charge is 0.345 e. The second-order valence-corrected chi connectivity index (χ2v) is 3.75. The van der Waals surface area contributed by atoms with Crippen molar-refractivity contribution in [3.8, 4) is 12.1 Å². The summed E-state index contributed by atoms with van der Waals surface area (Å²) in [7, 11) is 0. The maximum absolute atomic E-state index is 8.78. The van der Waals surface area contributed by atoms with Gasteiger partial charge in [-0.15, -0.1) is 0 Å². The van der Waals surface area contributed by atoms with Crippen LogP contribution in [0.15, 0.2) is 24.3 Å². The lowest BCUT2D eigenvalue weighted by Crippen LogP contribution is -2.26. The zero-order valence-electron chi connectivity index (χ0n) is 9.93. The van der Waals surface area contributed by atoms with Gasteiger partial charge in [0.2, 0.25) is 0 Å². The topological polar surface area (TPSA) is 76.8 Å². The van der Waals surface area contributed by atoms with Crippen LogP contribution < -0.4 is 10.6 Å². The van der Waals surface area contributed by atoms with Crippen molar-refractivity contribution in [2.75, 3.05) is 18.0 Å². The average molecular weight is 228 g/mol. The van der Waals surface area contributed by atoms with Crippen molar-refractivity contribution in [2.45, 2.75) is 19.4 Å². The predicted molar refractivity (Wildman–Crippen MR) is 67.1 cm³/mol. The Labute approximate surface area is 102 Å². The molecule has 0 bridgehead atoms. The third-order valence-corrected chi connectivity index (χ3v) is 2.64. The summed E-state index contributed by atoms with van der Waals surface area (Å²) in [6.45, 7) is 2.41. The van der Waals surface area contributed by atoms with Crippen molar-refractivity contribution in [3.63, 3.8) is 0 Å². The van der Waals surface area contributed by atoms with Gasteiger partial charge in [-0.25, -0.2) is 0 Å². The first kappa shape index (κ1) is 13.0. The molecule has 0 aromatic heterocycles. The van der Waals surface area contributed by atoms with Gasteiger partial charge in [-0.3, -0.25) is 0 Å². The summed E-state index contributed by atoms with van der Waals surface area (Å²) in [5.41, 5.74) is 7.90. The lowest BCUT2D eigenvalue weighted by molar-refractivity contribution is 0.695. The summed E-state index contributed by atoms with van der Waals surface area (Å²) in [6, 6.07) is 11.7. The van der Waals surface area contributed by atoms with E-state index in [-0.39, 0.29) is 19.1 Å². The molecule has 4 heteroatoms. The molecule has 0 radical (unpaired) electrons. The molecule has 0 saturated heterocycles. The molecule has 1 rings (SSSR count). The van der Waals surface area contributed by atoms with E-state index in [2.05, 4.69) is 12.1 Å². The quantitative estimate of drug-likeness (QED) is 0.781. The molecule has 0 aliphatic rings. The Morgan fingerprint density at radius 3 is 2.35 bits per heavy atom. The van der Waals surface area contributed by atoms with Gasteiger partial charge < -0.3 is 10.6 Å². The Kier molecular flexibility index (Phi) is 5.00. The van der Waals surface area contributed by atoms with Crippen LogP contribution in [0.5, 0.6) is 0 Å². The minimum absolute atomic E-state index is 0.0638. The minimum Gasteiger partial charge on any atom is -0.345 e. The lowest BCUT2D eigenvalue weighted by Gasteiger charge is -2.23. The molecule has 0 aliphatic heterocycles. The van der Waals surface area contributed by atoms with E-state index in [0.717, 1.165) is 17.7 Å². The Hall–Kier alpha value is -2.04. The van der Waals surface area contributed by atoms with Crippen LogP contribution in [0.1, 0.15) is 24.9 Å². The second-order valence-electron chi connectivity index (χ2n) is 3.75. The van der Waals surface area contributed by atoms with Crippen molar-refractivity contribution in [1.29, 1.82) is 10.5 Å². The average Bonchev–Trinajstić information content (AvgIpc) is 2.37. The van der Waals surface area contributed by atoms with E-state index in [0.29, 0.717) is 0 Å². The van der Waals surface area contributed by atoms with Crippen LogP contribution in [0.25, 0.3) is 0 Å². The number of nitrogens with two attached hydrogens (primary N) is 1. The van der Waals surface area contributed by atoms with Gasteiger partial charge in [-0.05, 0) is 18.1 Å². The van der Waals surface area contributed by atoms with E-state index >= 15 is 0 Å². The number of benzene rings is 1. The first-order valence-corrected chi connectivity index (χ1v) is 5.58. The highest BCUT2D eigenvalue weighted by Crippen LogP contribution is 2.26. The molecule has 1 aromatic carbocycles. The molecular formula is C13H16N4. The molecule has 1 atom stereocenters. The maximum atomic E-state index is 8.78. The molecule has 88 valence electrons. The van der Waals surface area contributed by atoms with Crippen molar-refractivity contribution >= 4 is 5.69 Å². The van der Waals surface area contributed by atoms with Crippen LogP contribution in [0.2, 0.25) is 0 Å². The number of hydrogen-bond acceptors (Lipinski definition) is 4. The highest BCUT2D eigenvalue weighted by molar-refractivity contribution is 5.56. The van der Waals surface area contributed by atoms with Crippen LogP contribution in [-0.2, 0) is 0 Å². The van der Waals surface area contributed by atoms with Gasteiger partial charge >= 0.3 is 0 Å². The Balaban J connectivity index is 3.10. The molecular weight excluding hydrogens is 212 g/mol. The molecule has 0 amide bonds. The monoisotopic (exact) mass is 228 g/mol. The van der Waals surface area contributed by atoms with E-state index in [4.69, 9.17) is 16.3 Å². The summed E-state index contributed by atoms with van der Waals surface area (Å²) in [5, 5.41) is 17.6. The number of anilines is 1. The van der Waals surface area contributed by atoms with E-state index < -0.39 is 0 Å². The third-order valence-electron chi connectivity index (χ3n) is 2.64. The van der Waals surface area contributed by atoms with Crippen molar-refractivity contribution in [3.05, 3.63) is 29.8 Å². The Bertz CT molecular complexity index is 425. The number of nitrogens with zero attached hydrogens (tertiary/aromatic N) is 3. The van der Waals surface area contributed by atoms with Gasteiger partial charge in [0.1, 0.15) is 13.1 Å². The molecule has 4 nitrogen and oxygen atoms in total. The molecule has 0 spiro atoms. The summed E-state index contributed by atoms with van der Waals surface area (Å²) in [4.78, 5) is 1.74. The van der Waals surface area contributed by atoms with Crippen LogP contribution in [0.3, 0.4) is 0 Å². The van der Waals surface area contributed by atoms with Gasteiger partial charge in [0.05, 0.1) is 12.1 Å². The summed E-state index contributed by atoms with van der Waals surface area (Å²) in [5.74, 6) is 0. The van der Waals surface area contributed by atoms with Crippen molar-refractivity contribution in [2.24, 2.45) is 5.73 Å². The predicted octanol–water partition coefficient (Wildman–Crippen LogP) is 1.95. The van der Waals surface area contributed by atoms with Crippen LogP contribution in [-0.4, -0.2) is 13.1 Å². The molecule has 17 heavy (non-hydrogen) atoms. The van der Waals surface area contributed by atoms with Crippen LogP contribution >= 0.6 is 0 Å². The smallest absolute Gasteiger partial charge is 0.106 e. The van der Waals surface area contributed by atoms with E-state index in [1.54, 1.807) is 4.90 Å². The molecule has 1 aromatic rings. The first-order valence-electron chi connectivity index (χ1n) is 5.58. The van der Waals surface area contributed by atoms with Crippen molar-refractivity contribution in [1.82, 2.24) is 0 Å². The van der Waals surface area contributed by atoms with Crippen molar-refractivity contribution < 1.29 is 0 Å². The zero-order valence-corrected chi connectivity index (χ0v) is 9.93. The second kappa shape index (κ2) is 6.52. The fourth-order valence-corrected chi connectivity index (χ4v) is 1.71. The summed E-state index contributed by atoms with van der Waals surface area (Å²) >= 11 is 0. The first-order chi connectivity index (χ1) is 8.24. The number of hydrogen-bond donors (Lipinski definition) is 1. The number of rotatable bonds is 5. The van der Waals surface area contributed by atoms with Crippen LogP contribution in [0.4, 0.5) is 5.69 Å². The molecule has 0 heterocycles. The normalized spacial score (nSPS) is 11.3. The highest BCUT2D eigenvalue weighted by atomic mass is 15.1. The van der Waals surface area contributed by atoms with Gasteiger partial charge in [0.15, 0.2) is 0 Å². The molecule has 0 fully saturated rings. The van der Waals surface area contributed by atoms with E-state index in [1.807, 2.05) is 31.2 Å². The standard InChI is InChI=1S/C13H16N4/c1-2-12(16)11-5-3-4-6-13(11)17(9-7-14)10-8-15/h3-6,12H,2,9-10,16H2,1H3/t12-/m1/s1. The Morgan fingerprint density at radius 2 is 1.82 bits per heavy atom. The SMILES string of the molecule is CC[C@@H](N)c1ccccc1N(CC#N)CC#N. The summed E-state index contributed by atoms with van der Waals surface area (Å²) < 4.78 is 0. The highest BCUT2D eigenvalue weighted by Gasteiger charge is 2.14. The van der Waals surface area contributed by atoms with Gasteiger partial charge in [0, 0.05) is 11.7 Å². The fourth-order valence-electron chi connectivity index (χ4n) is 1.71. The zero-order chi connectivity index (χ0) is 12.7. The van der Waals surface area contributed by atoms with Crippen LogP contribution in [0, 0.1) is 22.7 Å². The van der Waals surface area contributed by atoms with Gasteiger partial charge in [0.25, 0.3) is 0 Å². The number of nitriles is 2. The Morgan fingerprint density at radius 1 is 1.24 bits per heavy atom. The molecule has 0 saturated carbocycles. The van der Waals surface area contributed by atoms with Gasteiger partial charge in [-0.2, -0.15) is 10.5 Å². The lowest BCUT2D eigenvalue weighted by atomic mass is 10.0. The van der Waals surface area contributed by atoms with E-state index in [1.165, 1.54) is 0 Å². The molecule has 0 unspecified atom stereocenters. The minimum atomic E-state index is -0.0638. The van der Waals surface area contributed by atoms with Gasteiger partial charge in [-0.1, -0.05) is 25.1 Å². The number of para-hydroxylation sites is 1. The fraction of sp³-hybridized carbons (Fsp3) is 0.385. The molecule has 2 N–H and O–H groups in total.